The molecule has 0 spiro atoms. The van der Waals surface area contributed by atoms with Crippen molar-refractivity contribution in [3.8, 4) is 5.88 Å². The highest BCUT2D eigenvalue weighted by molar-refractivity contribution is 8.19. The van der Waals surface area contributed by atoms with Gasteiger partial charge in [-0.3, -0.25) is 9.36 Å². The summed E-state index contributed by atoms with van der Waals surface area (Å²) in [6, 6.07) is 4.28. The molecule has 1 N–H and O–H groups in total. The number of hydrogen-bond donors (Lipinski definition) is 1. The van der Waals surface area contributed by atoms with Crippen molar-refractivity contribution < 1.29 is 9.90 Å². The Hall–Kier alpha value is -1.81. The molecule has 0 saturated carbocycles. The zero-order chi connectivity index (χ0) is 21.0. The molecule has 1 aromatic heterocycles. The molecule has 1 aromatic carbocycles. The maximum atomic E-state index is 12.5. The third-order valence-corrected chi connectivity index (χ3v) is 9.04. The van der Waals surface area contributed by atoms with Crippen LogP contribution in [-0.2, 0) is 11.8 Å². The van der Waals surface area contributed by atoms with Gasteiger partial charge in [0.05, 0.1) is 15.6 Å². The molecule has 4 rings (SSSR count). The molecule has 2 aliphatic rings. The highest BCUT2D eigenvalue weighted by Crippen LogP contribution is 2.48. The van der Waals surface area contributed by atoms with Gasteiger partial charge in [-0.25, -0.2) is 0 Å². The van der Waals surface area contributed by atoms with Crippen LogP contribution < -0.4 is 4.90 Å². The number of aliphatic imine (C=N–C) groups is 1. The molecule has 29 heavy (non-hydrogen) atoms. The van der Waals surface area contributed by atoms with Crippen molar-refractivity contribution in [3.63, 3.8) is 0 Å². The average molecular weight is 462 g/mol. The number of anilines is 1. The normalized spacial score (nSPS) is 19.2. The van der Waals surface area contributed by atoms with Crippen LogP contribution in [0.15, 0.2) is 43.6 Å². The Bertz CT molecular complexity index is 1220. The third-order valence-electron chi connectivity index (χ3n) is 5.02. The Morgan fingerprint density at radius 3 is 2.62 bits per heavy atom. The van der Waals surface area contributed by atoms with Gasteiger partial charge < -0.3 is 10.0 Å². The second-order valence-corrected chi connectivity index (χ2v) is 10.6. The van der Waals surface area contributed by atoms with Crippen molar-refractivity contribution in [1.29, 1.82) is 0 Å². The highest BCUT2D eigenvalue weighted by Gasteiger charge is 2.30. The Morgan fingerprint density at radius 2 is 1.97 bits per heavy atom. The Kier molecular flexibility index (Phi) is 5.27. The Labute approximate surface area is 186 Å². The van der Waals surface area contributed by atoms with Crippen LogP contribution in [0.3, 0.4) is 0 Å². The van der Waals surface area contributed by atoms with Crippen LogP contribution in [0, 0.1) is 17.8 Å². The number of thioether (sulfide) groups is 2. The van der Waals surface area contributed by atoms with Gasteiger partial charge in [-0.2, -0.15) is 4.99 Å². The van der Waals surface area contributed by atoms with Crippen LogP contribution in [-0.4, -0.2) is 27.7 Å². The number of rotatable bonds is 2. The summed E-state index contributed by atoms with van der Waals surface area (Å²) in [5, 5.41) is 11.8. The van der Waals surface area contributed by atoms with E-state index in [0.29, 0.717) is 18.8 Å². The second-order valence-electron chi connectivity index (χ2n) is 6.91. The number of amides is 1. The smallest absolute Gasteiger partial charge is 0.285 e. The fourth-order valence-corrected chi connectivity index (χ4v) is 6.59. The Balaban J connectivity index is 1.66. The van der Waals surface area contributed by atoms with Gasteiger partial charge in [0.2, 0.25) is 5.88 Å². The van der Waals surface area contributed by atoms with Gasteiger partial charge in [0.25, 0.3) is 5.91 Å². The van der Waals surface area contributed by atoms with Crippen molar-refractivity contribution in [2.75, 3.05) is 11.9 Å². The van der Waals surface area contributed by atoms with Gasteiger partial charge in [-0.1, -0.05) is 40.9 Å². The largest absolute Gasteiger partial charge is 0.493 e. The number of aryl methyl sites for hydroxylation is 1. The molecule has 2 aromatic rings. The van der Waals surface area contributed by atoms with Crippen molar-refractivity contribution in [1.82, 2.24) is 4.57 Å². The standard InChI is InChI=1S/C20H19N3O2S4/c1-9-6-7-12-14(11(9)3)22(4)13(27-12)8-10(2)15-17(24)21-18(28-15)16-19(25)23(5)20(26)29-16/h6-8,25H,1-5H3/b13-8+,15-10+. The molecular weight excluding hydrogens is 443 g/mol. The minimum absolute atomic E-state index is 0.0451. The number of allylic oxidation sites excluding steroid dienone is 2. The van der Waals surface area contributed by atoms with Crippen molar-refractivity contribution >= 4 is 63.7 Å². The van der Waals surface area contributed by atoms with E-state index in [2.05, 4.69) is 42.9 Å². The van der Waals surface area contributed by atoms with Gasteiger partial charge in [0.15, 0.2) is 3.95 Å². The van der Waals surface area contributed by atoms with E-state index < -0.39 is 0 Å². The zero-order valence-electron chi connectivity index (χ0n) is 16.6. The number of hydrogen-bond acceptors (Lipinski definition) is 7. The molecule has 0 atom stereocenters. The predicted octanol–water partition coefficient (Wildman–Crippen LogP) is 5.52. The van der Waals surface area contributed by atoms with E-state index in [1.54, 1.807) is 18.8 Å². The number of aromatic hydroxyl groups is 1. The topological polar surface area (TPSA) is 57.8 Å². The van der Waals surface area contributed by atoms with Crippen molar-refractivity contribution in [3.05, 3.63) is 53.7 Å². The van der Waals surface area contributed by atoms with Crippen LogP contribution in [0.25, 0.3) is 0 Å². The average Bonchev–Trinajstić information content (AvgIpc) is 3.29. The monoisotopic (exact) mass is 461 g/mol. The number of nitrogens with zero attached hydrogens (tertiary/aromatic N) is 3. The first kappa shape index (κ1) is 20.5. The third kappa shape index (κ3) is 3.39. The molecule has 0 saturated heterocycles. The van der Waals surface area contributed by atoms with Gasteiger partial charge >= 0.3 is 0 Å². The molecule has 9 heteroatoms. The van der Waals surface area contributed by atoms with Crippen LogP contribution >= 0.6 is 47.1 Å². The molecule has 0 fully saturated rings. The number of carbonyl (C=O) groups excluding carboxylic acids is 1. The molecule has 0 unspecified atom stereocenters. The van der Waals surface area contributed by atoms with Crippen LogP contribution in [0.1, 0.15) is 22.9 Å². The summed E-state index contributed by atoms with van der Waals surface area (Å²) < 4.78 is 2.06. The summed E-state index contributed by atoms with van der Waals surface area (Å²) in [6.45, 7) is 6.18. The lowest BCUT2D eigenvalue weighted by atomic mass is 10.1. The van der Waals surface area contributed by atoms with Gasteiger partial charge in [0, 0.05) is 19.0 Å². The number of carbonyl (C=O) groups is 1. The van der Waals surface area contributed by atoms with Gasteiger partial charge in [0.1, 0.15) is 9.92 Å². The number of fused-ring (bicyclic) bond motifs is 1. The van der Waals surface area contributed by atoms with Gasteiger partial charge in [-0.05, 0) is 61.8 Å². The van der Waals surface area contributed by atoms with Crippen LogP contribution in [0.4, 0.5) is 5.69 Å². The van der Waals surface area contributed by atoms with E-state index in [-0.39, 0.29) is 11.8 Å². The minimum Gasteiger partial charge on any atom is -0.493 e. The van der Waals surface area contributed by atoms with Crippen molar-refractivity contribution in [2.24, 2.45) is 12.0 Å². The summed E-state index contributed by atoms with van der Waals surface area (Å²) in [5.41, 5.74) is 4.60. The molecule has 2 aliphatic heterocycles. The minimum atomic E-state index is -0.282. The van der Waals surface area contributed by atoms with E-state index in [9.17, 15) is 9.90 Å². The van der Waals surface area contributed by atoms with Gasteiger partial charge in [-0.15, -0.1) is 0 Å². The fourth-order valence-electron chi connectivity index (χ4n) is 3.18. The molecular formula is C20H19N3O2S4. The van der Waals surface area contributed by atoms with Crippen LogP contribution in [0.5, 0.6) is 5.88 Å². The first-order valence-corrected chi connectivity index (χ1v) is 11.7. The lowest BCUT2D eigenvalue weighted by Gasteiger charge is -2.17. The maximum absolute atomic E-state index is 12.5. The quantitative estimate of drug-likeness (QED) is 0.470. The highest BCUT2D eigenvalue weighted by atomic mass is 32.2. The van der Waals surface area contributed by atoms with E-state index in [0.717, 1.165) is 10.6 Å². The molecule has 0 radical (unpaired) electrons. The van der Waals surface area contributed by atoms with Crippen molar-refractivity contribution in [2.45, 2.75) is 25.7 Å². The molecule has 0 bridgehead atoms. The number of benzene rings is 1. The maximum Gasteiger partial charge on any atom is 0.285 e. The van der Waals surface area contributed by atoms with E-state index in [1.165, 1.54) is 49.4 Å². The summed E-state index contributed by atoms with van der Waals surface area (Å²) in [5.74, 6) is -0.236. The summed E-state index contributed by atoms with van der Waals surface area (Å²) in [4.78, 5) is 21.2. The first-order chi connectivity index (χ1) is 13.7. The van der Waals surface area contributed by atoms with E-state index in [1.807, 2.05) is 13.0 Å². The lowest BCUT2D eigenvalue weighted by Crippen LogP contribution is -2.11. The lowest BCUT2D eigenvalue weighted by molar-refractivity contribution is -0.113. The molecule has 1 amide bonds. The first-order valence-electron chi connectivity index (χ1n) is 8.83. The van der Waals surface area contributed by atoms with E-state index >= 15 is 0 Å². The second kappa shape index (κ2) is 7.46. The molecule has 0 aliphatic carbocycles. The Morgan fingerprint density at radius 1 is 1.24 bits per heavy atom. The molecule has 150 valence electrons. The zero-order valence-corrected chi connectivity index (χ0v) is 19.8. The number of aromatic nitrogens is 1. The summed E-state index contributed by atoms with van der Waals surface area (Å²) >= 11 is 9.46. The summed E-state index contributed by atoms with van der Waals surface area (Å²) in [6.07, 6.45) is 2.03. The molecule has 3 heterocycles. The molecule has 5 nitrogen and oxygen atoms in total. The fraction of sp³-hybridized carbons (Fsp3) is 0.250. The number of thiazole rings is 1. The summed E-state index contributed by atoms with van der Waals surface area (Å²) in [7, 11) is 3.75. The SMILES string of the molecule is CC(/C=C1/Sc2ccc(C)c(C)c2N1C)=C1\SC(c2sc(=S)n(C)c2O)=NC1=O. The van der Waals surface area contributed by atoms with Crippen LogP contribution in [0.2, 0.25) is 0 Å². The predicted molar refractivity (Wildman–Crippen MR) is 126 cm³/mol. The van der Waals surface area contributed by atoms with E-state index in [4.69, 9.17) is 12.2 Å².